The first-order chi connectivity index (χ1) is 8.70. The molecule has 0 saturated heterocycles. The summed E-state index contributed by atoms with van der Waals surface area (Å²) >= 11 is 0. The molecule has 0 aromatic heterocycles. The minimum absolute atomic E-state index is 0.00873. The van der Waals surface area contributed by atoms with Gasteiger partial charge in [0.25, 0.3) is 0 Å². The normalized spacial score (nSPS) is 15.4. The molecule has 6 heteroatoms. The van der Waals surface area contributed by atoms with Crippen LogP contribution in [0.2, 0.25) is 0 Å². The van der Waals surface area contributed by atoms with E-state index in [-0.39, 0.29) is 6.10 Å². The van der Waals surface area contributed by atoms with Gasteiger partial charge in [0.15, 0.2) is 0 Å². The van der Waals surface area contributed by atoms with Crippen molar-refractivity contribution < 1.29 is 23.0 Å². The van der Waals surface area contributed by atoms with E-state index in [0.29, 0.717) is 11.3 Å². The highest BCUT2D eigenvalue weighted by Gasteiger charge is 2.37. The summed E-state index contributed by atoms with van der Waals surface area (Å²) in [6.45, 7) is 3.73. The maximum Gasteiger partial charge on any atom is 0.403 e. The molecule has 3 N–H and O–H groups in total. The van der Waals surface area contributed by atoms with Crippen molar-refractivity contribution in [3.05, 3.63) is 29.8 Å². The molecule has 3 nitrogen and oxygen atoms in total. The molecule has 0 fully saturated rings. The minimum Gasteiger partial charge on any atom is -0.491 e. The van der Waals surface area contributed by atoms with Gasteiger partial charge in [-0.15, -0.1) is 0 Å². The molecular formula is C13H18F3NO2. The number of ether oxygens (including phenoxy) is 1. The number of aliphatic hydroxyl groups excluding tert-OH is 1. The van der Waals surface area contributed by atoms with Crippen LogP contribution in [0.4, 0.5) is 13.2 Å². The first-order valence-electron chi connectivity index (χ1n) is 5.97. The Morgan fingerprint density at radius 3 is 2.16 bits per heavy atom. The largest absolute Gasteiger partial charge is 0.491 e. The smallest absolute Gasteiger partial charge is 0.403 e. The number of hydrogen-bond acceptors (Lipinski definition) is 3. The van der Waals surface area contributed by atoms with E-state index in [1.54, 1.807) is 12.1 Å². The third-order valence-electron chi connectivity index (χ3n) is 2.53. The van der Waals surface area contributed by atoms with Crippen LogP contribution in [0, 0.1) is 0 Å². The Morgan fingerprint density at radius 2 is 1.74 bits per heavy atom. The summed E-state index contributed by atoms with van der Waals surface area (Å²) in [4.78, 5) is 0. The maximum absolute atomic E-state index is 12.3. The second-order valence-electron chi connectivity index (χ2n) is 4.64. The summed E-state index contributed by atoms with van der Waals surface area (Å²) in [6.07, 6.45) is -6.30. The summed E-state index contributed by atoms with van der Waals surface area (Å²) in [5.74, 6) is 0.603. The van der Waals surface area contributed by atoms with Gasteiger partial charge in [0.1, 0.15) is 11.8 Å². The predicted octanol–water partition coefficient (Wildman–Crippen LogP) is 2.79. The molecule has 0 aliphatic heterocycles. The van der Waals surface area contributed by atoms with Crippen LogP contribution < -0.4 is 10.5 Å². The first kappa shape index (κ1) is 15.8. The first-order valence-corrected chi connectivity index (χ1v) is 5.97. The van der Waals surface area contributed by atoms with E-state index in [1.165, 1.54) is 12.1 Å². The third-order valence-corrected chi connectivity index (χ3v) is 2.53. The van der Waals surface area contributed by atoms with Crippen LogP contribution in [0.3, 0.4) is 0 Å². The van der Waals surface area contributed by atoms with Gasteiger partial charge in [-0.1, -0.05) is 12.1 Å². The highest BCUT2D eigenvalue weighted by atomic mass is 19.4. The Hall–Kier alpha value is -1.27. The van der Waals surface area contributed by atoms with Crippen molar-refractivity contribution >= 4 is 0 Å². The zero-order valence-corrected chi connectivity index (χ0v) is 10.8. The minimum atomic E-state index is -4.50. The van der Waals surface area contributed by atoms with Crippen LogP contribution in [0.5, 0.6) is 5.75 Å². The van der Waals surface area contributed by atoms with Gasteiger partial charge in [-0.25, -0.2) is 0 Å². The molecule has 0 amide bonds. The average molecular weight is 277 g/mol. The van der Waals surface area contributed by atoms with Crippen LogP contribution >= 0.6 is 0 Å². The van der Waals surface area contributed by atoms with Gasteiger partial charge in [0.2, 0.25) is 0 Å². The Labute approximate surface area is 110 Å². The molecule has 108 valence electrons. The molecule has 1 aromatic rings. The maximum atomic E-state index is 12.3. The molecule has 1 aromatic carbocycles. The Balaban J connectivity index is 2.65. The number of halogens is 3. The molecule has 0 saturated carbocycles. The van der Waals surface area contributed by atoms with Crippen molar-refractivity contribution in [2.75, 3.05) is 0 Å². The van der Waals surface area contributed by atoms with Gasteiger partial charge in [0, 0.05) is 6.42 Å². The lowest BCUT2D eigenvalue weighted by molar-refractivity contribution is -0.153. The van der Waals surface area contributed by atoms with Gasteiger partial charge in [-0.2, -0.15) is 13.2 Å². The fourth-order valence-electron chi connectivity index (χ4n) is 1.55. The van der Waals surface area contributed by atoms with Gasteiger partial charge < -0.3 is 15.6 Å². The second-order valence-corrected chi connectivity index (χ2v) is 4.64. The van der Waals surface area contributed by atoms with Gasteiger partial charge in [-0.05, 0) is 31.5 Å². The highest BCUT2D eigenvalue weighted by molar-refractivity contribution is 5.28. The van der Waals surface area contributed by atoms with Crippen molar-refractivity contribution in [3.63, 3.8) is 0 Å². The fourth-order valence-corrected chi connectivity index (χ4v) is 1.55. The van der Waals surface area contributed by atoms with Crippen molar-refractivity contribution in [1.29, 1.82) is 0 Å². The van der Waals surface area contributed by atoms with Gasteiger partial charge >= 0.3 is 6.18 Å². The molecule has 0 radical (unpaired) electrons. The molecule has 0 aliphatic rings. The third kappa shape index (κ3) is 5.08. The SMILES string of the molecule is CC(C)Oc1ccc(C(O)CC(N)C(F)(F)F)cc1. The molecule has 19 heavy (non-hydrogen) atoms. The lowest BCUT2D eigenvalue weighted by atomic mass is 10.0. The van der Waals surface area contributed by atoms with E-state index in [4.69, 9.17) is 10.5 Å². The molecular weight excluding hydrogens is 259 g/mol. The lowest BCUT2D eigenvalue weighted by Gasteiger charge is -2.19. The van der Waals surface area contributed by atoms with Crippen molar-refractivity contribution in [1.82, 2.24) is 0 Å². The molecule has 0 spiro atoms. The van der Waals surface area contributed by atoms with Crippen LogP contribution in [0.25, 0.3) is 0 Å². The fraction of sp³-hybridized carbons (Fsp3) is 0.538. The molecule has 2 atom stereocenters. The average Bonchev–Trinajstić information content (AvgIpc) is 2.27. The van der Waals surface area contributed by atoms with Crippen LogP contribution in [-0.4, -0.2) is 23.4 Å². The van der Waals surface area contributed by atoms with Crippen LogP contribution in [0.1, 0.15) is 31.9 Å². The lowest BCUT2D eigenvalue weighted by Crippen LogP contribution is -2.38. The van der Waals surface area contributed by atoms with Crippen LogP contribution in [0.15, 0.2) is 24.3 Å². The Bertz CT molecular complexity index is 390. The molecule has 0 heterocycles. The molecule has 0 bridgehead atoms. The topological polar surface area (TPSA) is 55.5 Å². The summed E-state index contributed by atoms with van der Waals surface area (Å²) in [5, 5.41) is 9.71. The Morgan fingerprint density at radius 1 is 1.21 bits per heavy atom. The number of rotatable bonds is 5. The quantitative estimate of drug-likeness (QED) is 0.870. The molecule has 0 aliphatic carbocycles. The summed E-state index contributed by atoms with van der Waals surface area (Å²) in [5.41, 5.74) is 5.36. The monoisotopic (exact) mass is 277 g/mol. The highest BCUT2D eigenvalue weighted by Crippen LogP contribution is 2.27. The van der Waals surface area contributed by atoms with Crippen molar-refractivity contribution in [3.8, 4) is 5.75 Å². The molecule has 2 unspecified atom stereocenters. The van der Waals surface area contributed by atoms with Gasteiger partial charge in [-0.3, -0.25) is 0 Å². The predicted molar refractivity (Wildman–Crippen MR) is 65.8 cm³/mol. The van der Waals surface area contributed by atoms with Crippen molar-refractivity contribution in [2.24, 2.45) is 5.73 Å². The standard InChI is InChI=1S/C13H18F3NO2/c1-8(2)19-10-5-3-9(4-6-10)11(18)7-12(17)13(14,15)16/h3-6,8,11-12,18H,7,17H2,1-2H3. The zero-order chi connectivity index (χ0) is 14.6. The second kappa shape index (κ2) is 6.25. The molecule has 1 rings (SSSR count). The van der Waals surface area contributed by atoms with E-state index < -0.39 is 24.7 Å². The summed E-state index contributed by atoms with van der Waals surface area (Å²) < 4.78 is 42.2. The van der Waals surface area contributed by atoms with E-state index in [0.717, 1.165) is 0 Å². The number of alkyl halides is 3. The van der Waals surface area contributed by atoms with E-state index in [2.05, 4.69) is 0 Å². The number of benzene rings is 1. The Kier molecular flexibility index (Phi) is 5.20. The summed E-state index contributed by atoms with van der Waals surface area (Å²) in [7, 11) is 0. The summed E-state index contributed by atoms with van der Waals surface area (Å²) in [6, 6.07) is 4.25. The van der Waals surface area contributed by atoms with E-state index >= 15 is 0 Å². The number of nitrogens with two attached hydrogens (primary N) is 1. The number of hydrogen-bond donors (Lipinski definition) is 2. The van der Waals surface area contributed by atoms with Crippen LogP contribution in [-0.2, 0) is 0 Å². The number of aliphatic hydroxyl groups is 1. The zero-order valence-electron chi connectivity index (χ0n) is 10.8. The van der Waals surface area contributed by atoms with E-state index in [1.807, 2.05) is 13.8 Å². The van der Waals surface area contributed by atoms with E-state index in [9.17, 15) is 18.3 Å². The van der Waals surface area contributed by atoms with Crippen molar-refractivity contribution in [2.45, 2.75) is 44.7 Å². The van der Waals surface area contributed by atoms with Gasteiger partial charge in [0.05, 0.1) is 12.2 Å².